The molecule has 2 rings (SSSR count). The maximum absolute atomic E-state index is 12.8. The summed E-state index contributed by atoms with van der Waals surface area (Å²) in [6.07, 6.45) is 0.746. The third-order valence-electron chi connectivity index (χ3n) is 3.69. The molecule has 118 valence electrons. The van der Waals surface area contributed by atoms with E-state index in [9.17, 15) is 9.18 Å². The van der Waals surface area contributed by atoms with Crippen molar-refractivity contribution < 1.29 is 9.18 Å². The van der Waals surface area contributed by atoms with E-state index in [0.29, 0.717) is 13.1 Å². The molecular formula is C16H21FN4O. The van der Waals surface area contributed by atoms with E-state index in [2.05, 4.69) is 15.7 Å². The molecule has 2 amide bonds. The van der Waals surface area contributed by atoms with E-state index in [-0.39, 0.29) is 11.8 Å². The van der Waals surface area contributed by atoms with Crippen LogP contribution < -0.4 is 10.6 Å². The molecule has 0 spiro atoms. The number of nitrogens with one attached hydrogen (secondary N) is 2. The van der Waals surface area contributed by atoms with Gasteiger partial charge in [-0.15, -0.1) is 0 Å². The summed E-state index contributed by atoms with van der Waals surface area (Å²) >= 11 is 0. The zero-order valence-electron chi connectivity index (χ0n) is 13.1. The smallest absolute Gasteiger partial charge is 0.315 e. The predicted molar refractivity (Wildman–Crippen MR) is 83.0 cm³/mol. The Morgan fingerprint density at radius 3 is 2.50 bits per heavy atom. The fourth-order valence-corrected chi connectivity index (χ4v) is 2.33. The SMILES string of the molecule is Cc1nn(C)c(C)c1CCNC(=O)NCc1ccc(F)cc1. The number of nitrogens with zero attached hydrogens (tertiary/aromatic N) is 2. The van der Waals surface area contributed by atoms with Crippen molar-refractivity contribution in [2.45, 2.75) is 26.8 Å². The van der Waals surface area contributed by atoms with E-state index in [1.165, 1.54) is 17.7 Å². The number of hydrogen-bond donors (Lipinski definition) is 2. The standard InChI is InChI=1S/C16H21FN4O/c1-11-15(12(2)21(3)20-11)8-9-18-16(22)19-10-13-4-6-14(17)7-5-13/h4-7H,8-10H2,1-3H3,(H2,18,19,22). The van der Waals surface area contributed by atoms with Gasteiger partial charge in [0.2, 0.25) is 0 Å². The van der Waals surface area contributed by atoms with Crippen molar-refractivity contribution in [2.75, 3.05) is 6.54 Å². The van der Waals surface area contributed by atoms with Gasteiger partial charge in [-0.2, -0.15) is 5.10 Å². The van der Waals surface area contributed by atoms with Crippen molar-refractivity contribution in [1.29, 1.82) is 0 Å². The molecule has 5 nitrogen and oxygen atoms in total. The predicted octanol–water partition coefficient (Wildman–Crippen LogP) is 2.22. The minimum Gasteiger partial charge on any atom is -0.338 e. The molecule has 0 unspecified atom stereocenters. The van der Waals surface area contributed by atoms with E-state index in [0.717, 1.165) is 23.4 Å². The monoisotopic (exact) mass is 304 g/mol. The van der Waals surface area contributed by atoms with Crippen LogP contribution in [0.25, 0.3) is 0 Å². The molecule has 1 aromatic heterocycles. The first kappa shape index (κ1) is 16.0. The highest BCUT2D eigenvalue weighted by atomic mass is 19.1. The van der Waals surface area contributed by atoms with Crippen molar-refractivity contribution >= 4 is 6.03 Å². The molecule has 0 saturated carbocycles. The van der Waals surface area contributed by atoms with Crippen LogP contribution in [0.3, 0.4) is 0 Å². The number of hydrogen-bond acceptors (Lipinski definition) is 2. The molecule has 6 heteroatoms. The van der Waals surface area contributed by atoms with Crippen molar-refractivity contribution in [3.05, 3.63) is 52.6 Å². The van der Waals surface area contributed by atoms with Crippen LogP contribution in [0.1, 0.15) is 22.5 Å². The van der Waals surface area contributed by atoms with Gasteiger partial charge in [0.15, 0.2) is 0 Å². The number of aryl methyl sites for hydroxylation is 2. The molecule has 0 aliphatic heterocycles. The maximum Gasteiger partial charge on any atom is 0.315 e. The van der Waals surface area contributed by atoms with E-state index < -0.39 is 0 Å². The summed E-state index contributed by atoms with van der Waals surface area (Å²) in [6, 6.07) is 5.82. The number of halogens is 1. The fraction of sp³-hybridized carbons (Fsp3) is 0.375. The molecular weight excluding hydrogens is 283 g/mol. The van der Waals surface area contributed by atoms with E-state index in [1.54, 1.807) is 12.1 Å². The van der Waals surface area contributed by atoms with Crippen LogP contribution in [0, 0.1) is 19.7 Å². The second-order valence-electron chi connectivity index (χ2n) is 5.26. The average molecular weight is 304 g/mol. The molecule has 0 saturated heterocycles. The molecule has 0 atom stereocenters. The van der Waals surface area contributed by atoms with Gasteiger partial charge in [-0.3, -0.25) is 4.68 Å². The Labute approximate surface area is 129 Å². The van der Waals surface area contributed by atoms with Gasteiger partial charge in [0, 0.05) is 25.8 Å². The summed E-state index contributed by atoms with van der Waals surface area (Å²) in [6.45, 7) is 4.90. The summed E-state index contributed by atoms with van der Waals surface area (Å²) in [4.78, 5) is 11.7. The zero-order valence-corrected chi connectivity index (χ0v) is 13.1. The zero-order chi connectivity index (χ0) is 16.1. The first-order chi connectivity index (χ1) is 10.5. The van der Waals surface area contributed by atoms with Gasteiger partial charge >= 0.3 is 6.03 Å². The number of benzene rings is 1. The van der Waals surface area contributed by atoms with E-state index in [1.807, 2.05) is 25.6 Å². The molecule has 1 heterocycles. The maximum atomic E-state index is 12.8. The molecule has 2 N–H and O–H groups in total. The number of amides is 2. The number of rotatable bonds is 5. The van der Waals surface area contributed by atoms with Crippen LogP contribution in [0.2, 0.25) is 0 Å². The van der Waals surface area contributed by atoms with Gasteiger partial charge in [0.05, 0.1) is 5.69 Å². The van der Waals surface area contributed by atoms with Gasteiger partial charge in [-0.05, 0) is 43.5 Å². The minimum atomic E-state index is -0.282. The molecule has 22 heavy (non-hydrogen) atoms. The van der Waals surface area contributed by atoms with Crippen LogP contribution in [-0.4, -0.2) is 22.4 Å². The second kappa shape index (κ2) is 7.06. The molecule has 0 bridgehead atoms. The van der Waals surface area contributed by atoms with Crippen LogP contribution in [0.4, 0.5) is 9.18 Å². The Kier molecular flexibility index (Phi) is 5.14. The van der Waals surface area contributed by atoms with Gasteiger partial charge < -0.3 is 10.6 Å². The van der Waals surface area contributed by atoms with Crippen molar-refractivity contribution in [3.63, 3.8) is 0 Å². The average Bonchev–Trinajstić information content (AvgIpc) is 2.73. The van der Waals surface area contributed by atoms with E-state index >= 15 is 0 Å². The molecule has 1 aromatic carbocycles. The van der Waals surface area contributed by atoms with Crippen LogP contribution in [0.15, 0.2) is 24.3 Å². The lowest BCUT2D eigenvalue weighted by Gasteiger charge is -2.08. The second-order valence-corrected chi connectivity index (χ2v) is 5.26. The highest BCUT2D eigenvalue weighted by Crippen LogP contribution is 2.11. The Hall–Kier alpha value is -2.37. The Balaban J connectivity index is 1.75. The Bertz CT molecular complexity index is 649. The lowest BCUT2D eigenvalue weighted by atomic mass is 10.1. The van der Waals surface area contributed by atoms with Crippen molar-refractivity contribution in [2.24, 2.45) is 7.05 Å². The topological polar surface area (TPSA) is 59.0 Å². The number of carbonyl (C=O) groups excluding carboxylic acids is 1. The minimum absolute atomic E-state index is 0.233. The highest BCUT2D eigenvalue weighted by molar-refractivity contribution is 5.73. The molecule has 0 aliphatic rings. The number of urea groups is 1. The van der Waals surface area contributed by atoms with Crippen molar-refractivity contribution in [1.82, 2.24) is 20.4 Å². The Morgan fingerprint density at radius 1 is 1.23 bits per heavy atom. The van der Waals surface area contributed by atoms with Crippen LogP contribution in [0.5, 0.6) is 0 Å². The summed E-state index contributed by atoms with van der Waals surface area (Å²) in [5, 5.41) is 9.91. The first-order valence-corrected chi connectivity index (χ1v) is 7.22. The highest BCUT2D eigenvalue weighted by Gasteiger charge is 2.09. The van der Waals surface area contributed by atoms with Gasteiger partial charge in [-0.25, -0.2) is 9.18 Å². The van der Waals surface area contributed by atoms with Crippen LogP contribution >= 0.6 is 0 Å². The Morgan fingerprint density at radius 2 is 1.91 bits per heavy atom. The van der Waals surface area contributed by atoms with Gasteiger partial charge in [-0.1, -0.05) is 12.1 Å². The molecule has 0 aliphatic carbocycles. The summed E-state index contributed by atoms with van der Waals surface area (Å²) in [5.74, 6) is -0.282. The van der Waals surface area contributed by atoms with Crippen LogP contribution in [-0.2, 0) is 20.0 Å². The van der Waals surface area contributed by atoms with Gasteiger partial charge in [0.1, 0.15) is 5.82 Å². The number of carbonyl (C=O) groups is 1. The number of aromatic nitrogens is 2. The fourth-order valence-electron chi connectivity index (χ4n) is 2.33. The summed E-state index contributed by atoms with van der Waals surface area (Å²) in [7, 11) is 1.91. The molecule has 0 radical (unpaired) electrons. The molecule has 0 fully saturated rings. The van der Waals surface area contributed by atoms with Gasteiger partial charge in [0.25, 0.3) is 0 Å². The third-order valence-corrected chi connectivity index (χ3v) is 3.69. The summed E-state index contributed by atoms with van der Waals surface area (Å²) in [5.41, 5.74) is 4.14. The normalized spacial score (nSPS) is 10.5. The quantitative estimate of drug-likeness (QED) is 0.890. The largest absolute Gasteiger partial charge is 0.338 e. The third kappa shape index (κ3) is 4.07. The lowest BCUT2D eigenvalue weighted by molar-refractivity contribution is 0.240. The lowest BCUT2D eigenvalue weighted by Crippen LogP contribution is -2.36. The van der Waals surface area contributed by atoms with Crippen molar-refractivity contribution in [3.8, 4) is 0 Å². The summed E-state index contributed by atoms with van der Waals surface area (Å²) < 4.78 is 14.6. The first-order valence-electron chi connectivity index (χ1n) is 7.22. The van der Waals surface area contributed by atoms with E-state index in [4.69, 9.17) is 0 Å². The molecule has 2 aromatic rings.